The van der Waals surface area contributed by atoms with Crippen molar-refractivity contribution in [1.29, 1.82) is 0 Å². The molecule has 5 nitrogen and oxygen atoms in total. The van der Waals surface area contributed by atoms with Gasteiger partial charge >= 0.3 is 0 Å². The van der Waals surface area contributed by atoms with Gasteiger partial charge in [-0.25, -0.2) is 4.98 Å². The third-order valence-electron chi connectivity index (χ3n) is 6.23. The molecule has 1 aromatic carbocycles. The molecule has 1 aliphatic heterocycles. The third kappa shape index (κ3) is 4.17. The molecule has 30 heavy (non-hydrogen) atoms. The molecule has 156 valence electrons. The van der Waals surface area contributed by atoms with E-state index in [0.717, 1.165) is 60.8 Å². The second kappa shape index (κ2) is 8.31. The van der Waals surface area contributed by atoms with Gasteiger partial charge in [0.1, 0.15) is 22.7 Å². The zero-order valence-corrected chi connectivity index (χ0v) is 17.7. The van der Waals surface area contributed by atoms with Gasteiger partial charge in [-0.15, -0.1) is 0 Å². The van der Waals surface area contributed by atoms with Gasteiger partial charge in [0.15, 0.2) is 0 Å². The summed E-state index contributed by atoms with van der Waals surface area (Å²) < 4.78 is 8.06. The number of nitrogens with zero attached hydrogens (tertiary/aromatic N) is 3. The fourth-order valence-corrected chi connectivity index (χ4v) is 4.51. The molecule has 0 unspecified atom stereocenters. The summed E-state index contributed by atoms with van der Waals surface area (Å²) in [5.41, 5.74) is 2.84. The summed E-state index contributed by atoms with van der Waals surface area (Å²) in [7, 11) is 0. The Hall–Kier alpha value is -2.53. The second-order valence-electron chi connectivity index (χ2n) is 8.40. The fourth-order valence-electron chi connectivity index (χ4n) is 4.20. The maximum Gasteiger partial charge on any atom is 0.222 e. The van der Waals surface area contributed by atoms with Gasteiger partial charge in [0.2, 0.25) is 5.91 Å². The Morgan fingerprint density at radius 2 is 1.83 bits per heavy atom. The molecule has 2 aromatic heterocycles. The van der Waals surface area contributed by atoms with Crippen molar-refractivity contribution in [3.05, 3.63) is 53.9 Å². The predicted octanol–water partition coefficient (Wildman–Crippen LogP) is 5.21. The highest BCUT2D eigenvalue weighted by Gasteiger charge is 2.26. The first kappa shape index (κ1) is 19.4. The topological polar surface area (TPSA) is 46.8 Å². The zero-order chi connectivity index (χ0) is 20.5. The minimum atomic E-state index is 0.161. The van der Waals surface area contributed by atoms with Crippen LogP contribution in [0.4, 0.5) is 0 Å². The average molecular weight is 424 g/mol. The number of rotatable bonds is 6. The van der Waals surface area contributed by atoms with Gasteiger partial charge in [-0.1, -0.05) is 36.6 Å². The molecule has 3 heterocycles. The standard InChI is InChI=1S/C24H26ClN3O2/c25-24-21(8-9-22-26-13-16-28(22)24)18-4-6-19(7-5-18)30-20-11-14-27(15-12-20)23(29)10-3-17-1-2-17/h4-9,13,16-17,20H,1-3,10-12,14-15H2. The van der Waals surface area contributed by atoms with Gasteiger partial charge in [0.05, 0.1) is 0 Å². The number of fused-ring (bicyclic) bond motifs is 1. The second-order valence-corrected chi connectivity index (χ2v) is 8.76. The van der Waals surface area contributed by atoms with Crippen LogP contribution < -0.4 is 4.74 Å². The fraction of sp³-hybridized carbons (Fsp3) is 0.417. The number of amides is 1. The molecule has 1 saturated heterocycles. The zero-order valence-electron chi connectivity index (χ0n) is 17.0. The molecule has 6 heteroatoms. The minimum Gasteiger partial charge on any atom is -0.490 e. The molecular formula is C24H26ClN3O2. The number of benzene rings is 1. The molecule has 1 aliphatic carbocycles. The Kier molecular flexibility index (Phi) is 5.38. The summed E-state index contributed by atoms with van der Waals surface area (Å²) in [6.07, 6.45) is 9.95. The SMILES string of the molecule is O=C(CCC1CC1)N1CCC(Oc2ccc(-c3ccc4nccn4c3Cl)cc2)CC1. The van der Waals surface area contributed by atoms with E-state index in [1.165, 1.54) is 12.8 Å². The van der Waals surface area contributed by atoms with Gasteiger partial charge in [0.25, 0.3) is 0 Å². The molecule has 0 bridgehead atoms. The number of pyridine rings is 1. The van der Waals surface area contributed by atoms with Crippen molar-refractivity contribution >= 4 is 23.2 Å². The molecular weight excluding hydrogens is 398 g/mol. The lowest BCUT2D eigenvalue weighted by molar-refractivity contribution is -0.133. The number of likely N-dealkylation sites (tertiary alicyclic amines) is 1. The number of halogens is 1. The van der Waals surface area contributed by atoms with Crippen LogP contribution in [0.5, 0.6) is 5.75 Å². The number of aromatic nitrogens is 2. The first-order valence-corrected chi connectivity index (χ1v) is 11.2. The number of carbonyl (C=O) groups excluding carboxylic acids is 1. The van der Waals surface area contributed by atoms with Crippen molar-refractivity contribution in [3.8, 4) is 16.9 Å². The van der Waals surface area contributed by atoms with Crippen molar-refractivity contribution in [1.82, 2.24) is 14.3 Å². The van der Waals surface area contributed by atoms with Crippen molar-refractivity contribution < 1.29 is 9.53 Å². The van der Waals surface area contributed by atoms with Crippen LogP contribution in [0.25, 0.3) is 16.8 Å². The van der Waals surface area contributed by atoms with E-state index in [0.29, 0.717) is 17.5 Å². The highest BCUT2D eigenvalue weighted by atomic mass is 35.5. The van der Waals surface area contributed by atoms with Crippen LogP contribution >= 0.6 is 11.6 Å². The molecule has 0 N–H and O–H groups in total. The Morgan fingerprint density at radius 1 is 1.07 bits per heavy atom. The molecule has 3 aromatic rings. The average Bonchev–Trinajstić information content (AvgIpc) is 3.48. The van der Waals surface area contributed by atoms with Crippen LogP contribution in [0, 0.1) is 5.92 Å². The summed E-state index contributed by atoms with van der Waals surface area (Å²) in [5, 5.41) is 0.650. The Labute approximate surface area is 181 Å². The van der Waals surface area contributed by atoms with Crippen LogP contribution in [0.2, 0.25) is 5.15 Å². The molecule has 0 spiro atoms. The third-order valence-corrected chi connectivity index (χ3v) is 6.61. The van der Waals surface area contributed by atoms with Gasteiger partial charge < -0.3 is 9.64 Å². The Bertz CT molecular complexity index is 1030. The maximum absolute atomic E-state index is 12.3. The van der Waals surface area contributed by atoms with Crippen molar-refractivity contribution in [2.24, 2.45) is 5.92 Å². The van der Waals surface area contributed by atoms with Crippen LogP contribution in [-0.4, -0.2) is 39.4 Å². The highest BCUT2D eigenvalue weighted by Crippen LogP contribution is 2.34. The van der Waals surface area contributed by atoms with Crippen LogP contribution in [0.3, 0.4) is 0 Å². The van der Waals surface area contributed by atoms with Gasteiger partial charge in [-0.05, 0) is 42.2 Å². The maximum atomic E-state index is 12.3. The molecule has 5 rings (SSSR count). The lowest BCUT2D eigenvalue weighted by Gasteiger charge is -2.32. The largest absolute Gasteiger partial charge is 0.490 e. The summed E-state index contributed by atoms with van der Waals surface area (Å²) in [6, 6.07) is 12.0. The summed E-state index contributed by atoms with van der Waals surface area (Å²) >= 11 is 6.55. The Morgan fingerprint density at radius 3 is 2.57 bits per heavy atom. The van der Waals surface area contributed by atoms with Gasteiger partial charge in [0, 0.05) is 50.3 Å². The van der Waals surface area contributed by atoms with Crippen molar-refractivity contribution in [3.63, 3.8) is 0 Å². The van der Waals surface area contributed by atoms with E-state index < -0.39 is 0 Å². The molecule has 1 saturated carbocycles. The number of ether oxygens (including phenoxy) is 1. The summed E-state index contributed by atoms with van der Waals surface area (Å²) in [5.74, 6) is 1.99. The summed E-state index contributed by atoms with van der Waals surface area (Å²) in [4.78, 5) is 18.6. The quantitative estimate of drug-likeness (QED) is 0.511. The molecule has 2 aliphatic rings. The van der Waals surface area contributed by atoms with Crippen molar-refractivity contribution in [2.45, 2.75) is 44.6 Å². The van der Waals surface area contributed by atoms with Gasteiger partial charge in [-0.2, -0.15) is 0 Å². The number of hydrogen-bond donors (Lipinski definition) is 0. The van der Waals surface area contributed by atoms with Crippen LogP contribution in [0.15, 0.2) is 48.8 Å². The normalized spacial score (nSPS) is 17.4. The monoisotopic (exact) mass is 423 g/mol. The summed E-state index contributed by atoms with van der Waals surface area (Å²) in [6.45, 7) is 1.60. The van der Waals surface area contributed by atoms with Gasteiger partial charge in [-0.3, -0.25) is 9.20 Å². The number of carbonyl (C=O) groups is 1. The van der Waals surface area contributed by atoms with E-state index in [-0.39, 0.29) is 6.10 Å². The van der Waals surface area contributed by atoms with Crippen LogP contribution in [-0.2, 0) is 4.79 Å². The molecule has 1 amide bonds. The van der Waals surface area contributed by atoms with E-state index in [9.17, 15) is 4.79 Å². The predicted molar refractivity (Wildman–Crippen MR) is 118 cm³/mol. The lowest BCUT2D eigenvalue weighted by atomic mass is 10.1. The lowest BCUT2D eigenvalue weighted by Crippen LogP contribution is -2.41. The minimum absolute atomic E-state index is 0.161. The molecule has 0 radical (unpaired) electrons. The Balaban J connectivity index is 1.17. The molecule has 2 fully saturated rings. The van der Waals surface area contributed by atoms with E-state index >= 15 is 0 Å². The van der Waals surface area contributed by atoms with Crippen LogP contribution in [0.1, 0.15) is 38.5 Å². The smallest absolute Gasteiger partial charge is 0.222 e. The number of imidazole rings is 1. The highest BCUT2D eigenvalue weighted by molar-refractivity contribution is 6.32. The first-order chi connectivity index (χ1) is 14.7. The van der Waals surface area contributed by atoms with E-state index in [1.54, 1.807) is 6.20 Å². The number of hydrogen-bond acceptors (Lipinski definition) is 3. The van der Waals surface area contributed by atoms with Crippen molar-refractivity contribution in [2.75, 3.05) is 13.1 Å². The first-order valence-electron chi connectivity index (χ1n) is 10.8. The number of piperidine rings is 1. The molecule has 0 atom stereocenters. The van der Waals surface area contributed by atoms with E-state index in [2.05, 4.69) is 4.98 Å². The van der Waals surface area contributed by atoms with E-state index in [4.69, 9.17) is 16.3 Å². The van der Waals surface area contributed by atoms with E-state index in [1.807, 2.05) is 51.9 Å².